The van der Waals surface area contributed by atoms with Crippen molar-refractivity contribution in [1.29, 1.82) is 0 Å². The number of carbonyl (C=O) groups excluding carboxylic acids is 2. The summed E-state index contributed by atoms with van der Waals surface area (Å²) < 4.78 is 32.8. The van der Waals surface area contributed by atoms with Crippen molar-refractivity contribution in [2.75, 3.05) is 24.2 Å². The molecular weight excluding hydrogens is 562 g/mol. The summed E-state index contributed by atoms with van der Waals surface area (Å²) in [6.45, 7) is 5.34. The highest BCUT2D eigenvalue weighted by Gasteiger charge is 2.51. The van der Waals surface area contributed by atoms with Gasteiger partial charge in [-0.3, -0.25) is 13.9 Å². The van der Waals surface area contributed by atoms with E-state index in [0.717, 1.165) is 29.6 Å². The van der Waals surface area contributed by atoms with E-state index >= 15 is 0 Å². The number of rotatable bonds is 12. The Morgan fingerprint density at radius 2 is 1.60 bits per heavy atom. The summed E-state index contributed by atoms with van der Waals surface area (Å²) in [4.78, 5) is 28.8. The molecule has 4 bridgehead atoms. The third kappa shape index (κ3) is 6.87. The first-order valence-corrected chi connectivity index (χ1v) is 17.6. The molecule has 4 fully saturated rings. The molecule has 43 heavy (non-hydrogen) atoms. The predicted molar refractivity (Wildman–Crippen MR) is 169 cm³/mol. The highest BCUT2D eigenvalue weighted by Crippen LogP contribution is 2.60. The van der Waals surface area contributed by atoms with Gasteiger partial charge in [0.05, 0.1) is 19.1 Å². The normalized spacial score (nSPS) is 24.9. The molecule has 0 unspecified atom stereocenters. The smallest absolute Gasteiger partial charge is 0.244 e. The van der Waals surface area contributed by atoms with E-state index in [0.29, 0.717) is 17.9 Å². The van der Waals surface area contributed by atoms with Gasteiger partial charge in [0, 0.05) is 12.6 Å². The van der Waals surface area contributed by atoms with Crippen LogP contribution in [0.5, 0.6) is 5.75 Å². The molecule has 0 spiro atoms. The molecule has 6 rings (SSSR count). The van der Waals surface area contributed by atoms with Crippen LogP contribution in [0.15, 0.2) is 48.5 Å². The summed E-state index contributed by atoms with van der Waals surface area (Å²) in [5.41, 5.74) is 2.75. The molecule has 0 heterocycles. The van der Waals surface area contributed by atoms with Crippen molar-refractivity contribution in [2.24, 2.45) is 17.8 Å². The predicted octanol–water partition coefficient (Wildman–Crippen LogP) is 5.26. The maximum absolute atomic E-state index is 14.0. The van der Waals surface area contributed by atoms with E-state index in [1.807, 2.05) is 57.2 Å². The van der Waals surface area contributed by atoms with Crippen LogP contribution in [0.25, 0.3) is 0 Å². The number of hydrogen-bond donors (Lipinski definition) is 1. The zero-order valence-corrected chi connectivity index (χ0v) is 27.0. The van der Waals surface area contributed by atoms with E-state index in [1.54, 1.807) is 7.11 Å². The largest absolute Gasteiger partial charge is 0.497 e. The number of nitrogens with one attached hydrogen (secondary N) is 1. The molecule has 234 valence electrons. The van der Waals surface area contributed by atoms with Crippen LogP contribution >= 0.6 is 0 Å². The van der Waals surface area contributed by atoms with Crippen molar-refractivity contribution in [1.82, 2.24) is 10.2 Å². The second kappa shape index (κ2) is 12.5. The topological polar surface area (TPSA) is 96.0 Å². The second-order valence-electron chi connectivity index (χ2n) is 13.5. The van der Waals surface area contributed by atoms with E-state index in [4.69, 9.17) is 4.74 Å². The summed E-state index contributed by atoms with van der Waals surface area (Å²) in [5, 5.41) is 2.92. The Morgan fingerprint density at radius 3 is 2.12 bits per heavy atom. The second-order valence-corrected chi connectivity index (χ2v) is 15.4. The maximum Gasteiger partial charge on any atom is 0.244 e. The maximum atomic E-state index is 14.0. The third-order valence-electron chi connectivity index (χ3n) is 9.79. The fourth-order valence-corrected chi connectivity index (χ4v) is 9.18. The van der Waals surface area contributed by atoms with E-state index < -0.39 is 28.5 Å². The van der Waals surface area contributed by atoms with Gasteiger partial charge in [-0.2, -0.15) is 0 Å². The lowest BCUT2D eigenvalue weighted by Crippen LogP contribution is -2.53. The molecule has 8 nitrogen and oxygen atoms in total. The molecule has 4 saturated carbocycles. The van der Waals surface area contributed by atoms with Crippen LogP contribution in [0.3, 0.4) is 0 Å². The number of carbonyl (C=O) groups is 2. The van der Waals surface area contributed by atoms with Crippen LogP contribution in [0.1, 0.15) is 76.8 Å². The lowest BCUT2D eigenvalue weighted by Gasteiger charge is -2.57. The van der Waals surface area contributed by atoms with Gasteiger partial charge in [-0.25, -0.2) is 8.42 Å². The van der Waals surface area contributed by atoms with Gasteiger partial charge < -0.3 is 15.0 Å². The number of methoxy groups -OCH3 is 1. The number of hydrogen-bond acceptors (Lipinski definition) is 5. The Labute approximate surface area is 257 Å². The summed E-state index contributed by atoms with van der Waals surface area (Å²) in [7, 11) is -2.22. The molecular formula is C34H47N3O5S. The molecule has 1 N–H and O–H groups in total. The van der Waals surface area contributed by atoms with E-state index in [9.17, 15) is 18.0 Å². The summed E-state index contributed by atoms with van der Waals surface area (Å²) in [5.74, 6) is 2.37. The minimum Gasteiger partial charge on any atom is -0.497 e. The molecule has 4 aliphatic rings. The van der Waals surface area contributed by atoms with Crippen LogP contribution < -0.4 is 14.4 Å². The van der Waals surface area contributed by atoms with Crippen LogP contribution in [0, 0.1) is 17.8 Å². The van der Waals surface area contributed by atoms with Gasteiger partial charge in [0.15, 0.2) is 0 Å². The van der Waals surface area contributed by atoms with Crippen molar-refractivity contribution in [2.45, 2.75) is 89.8 Å². The minimum absolute atomic E-state index is 0.102. The van der Waals surface area contributed by atoms with Crippen LogP contribution in [0.2, 0.25) is 0 Å². The summed E-state index contributed by atoms with van der Waals surface area (Å²) in [6.07, 6.45) is 9.27. The zero-order chi connectivity index (χ0) is 30.9. The Hall–Kier alpha value is -3.07. The lowest BCUT2D eigenvalue weighted by molar-refractivity contribution is -0.140. The quantitative estimate of drug-likeness (QED) is 0.354. The Morgan fingerprint density at radius 1 is 1.00 bits per heavy atom. The van der Waals surface area contributed by atoms with Gasteiger partial charge in [-0.15, -0.1) is 0 Å². The van der Waals surface area contributed by atoms with E-state index in [-0.39, 0.29) is 23.9 Å². The summed E-state index contributed by atoms with van der Waals surface area (Å²) >= 11 is 0. The monoisotopic (exact) mass is 609 g/mol. The molecule has 2 amide bonds. The summed E-state index contributed by atoms with van der Waals surface area (Å²) in [6, 6.07) is 14.4. The lowest BCUT2D eigenvalue weighted by atomic mass is 9.48. The van der Waals surface area contributed by atoms with Crippen molar-refractivity contribution in [3.8, 4) is 5.75 Å². The number of sulfonamides is 1. The van der Waals surface area contributed by atoms with Gasteiger partial charge in [0.25, 0.3) is 0 Å². The van der Waals surface area contributed by atoms with Gasteiger partial charge >= 0.3 is 0 Å². The SMILES string of the molecule is CC[C@H](C(=O)NC(C)C)N(Cc1cccc(OC)c1)C(=O)CN(c1ccc(C23CC4CC(CC(C4)C2)C3)cc1)S(C)(=O)=O. The van der Waals surface area contributed by atoms with Gasteiger partial charge in [0.1, 0.15) is 18.3 Å². The molecule has 9 heteroatoms. The molecule has 0 aliphatic heterocycles. The molecule has 1 atom stereocenters. The Bertz CT molecular complexity index is 1390. The highest BCUT2D eigenvalue weighted by atomic mass is 32.2. The van der Waals surface area contributed by atoms with Crippen molar-refractivity contribution in [3.05, 3.63) is 59.7 Å². The molecule has 2 aromatic carbocycles. The first kappa shape index (κ1) is 31.4. The first-order chi connectivity index (χ1) is 20.4. The molecule has 0 saturated heterocycles. The van der Waals surface area contributed by atoms with Crippen LogP contribution in [0.4, 0.5) is 5.69 Å². The average Bonchev–Trinajstić information content (AvgIpc) is 2.94. The molecule has 0 aromatic heterocycles. The Balaban J connectivity index is 1.41. The van der Waals surface area contributed by atoms with Crippen LogP contribution in [-0.4, -0.2) is 57.1 Å². The van der Waals surface area contributed by atoms with Crippen molar-refractivity contribution < 1.29 is 22.7 Å². The molecule has 2 aromatic rings. The van der Waals surface area contributed by atoms with Gasteiger partial charge in [0.2, 0.25) is 21.8 Å². The Kier molecular flexibility index (Phi) is 9.12. The van der Waals surface area contributed by atoms with E-state index in [2.05, 4.69) is 17.4 Å². The first-order valence-electron chi connectivity index (χ1n) is 15.7. The average molecular weight is 610 g/mol. The minimum atomic E-state index is -3.79. The highest BCUT2D eigenvalue weighted by molar-refractivity contribution is 7.92. The van der Waals surface area contributed by atoms with Crippen molar-refractivity contribution in [3.63, 3.8) is 0 Å². The van der Waals surface area contributed by atoms with Crippen molar-refractivity contribution >= 4 is 27.5 Å². The van der Waals surface area contributed by atoms with E-state index in [1.165, 1.54) is 53.3 Å². The van der Waals surface area contributed by atoms with Crippen LogP contribution in [-0.2, 0) is 31.6 Å². The molecule has 4 aliphatic carbocycles. The fourth-order valence-electron chi connectivity index (χ4n) is 8.33. The number of benzene rings is 2. The van der Waals surface area contributed by atoms with Gasteiger partial charge in [-0.05, 0) is 117 Å². The zero-order valence-electron chi connectivity index (χ0n) is 26.2. The number of anilines is 1. The number of ether oxygens (including phenoxy) is 1. The number of amides is 2. The standard InChI is InChI=1S/C34H47N3O5S/c1-6-31(33(39)35-23(2)3)36(21-24-8-7-9-30(17-24)42-4)32(38)22-37(43(5,40)41)29-12-10-28(11-13-29)34-18-25-14-26(19-34)16-27(15-25)20-34/h7-13,17,23,25-27,31H,6,14-16,18-22H2,1-5H3,(H,35,39)/t25?,26?,27?,31-,34?/m1/s1. The van der Waals surface area contributed by atoms with Gasteiger partial charge in [-0.1, -0.05) is 31.2 Å². The third-order valence-corrected chi connectivity index (χ3v) is 10.9. The number of nitrogens with zero attached hydrogens (tertiary/aromatic N) is 2. The molecule has 0 radical (unpaired) electrons. The fraction of sp³-hybridized carbons (Fsp3) is 0.588.